The molecule has 1 atom stereocenters. The van der Waals surface area contributed by atoms with E-state index in [4.69, 9.17) is 0 Å². The van der Waals surface area contributed by atoms with E-state index in [1.54, 1.807) is 6.92 Å². The molecule has 0 bridgehead atoms. The Hall–Kier alpha value is -1.98. The molecule has 1 N–H and O–H groups in total. The van der Waals surface area contributed by atoms with Crippen molar-refractivity contribution in [3.05, 3.63) is 57.3 Å². The number of likely N-dealkylation sites (N-methyl/N-ethyl adjacent to an activating group) is 1. The number of hydrogen-bond donors (Lipinski definition) is 1. The molecule has 0 spiro atoms. The van der Waals surface area contributed by atoms with E-state index in [1.807, 2.05) is 11.4 Å². The Morgan fingerprint density at radius 2 is 2.04 bits per heavy atom. The molecule has 2 heterocycles. The van der Waals surface area contributed by atoms with Crippen LogP contribution in [0.15, 0.2) is 35.7 Å². The molecule has 1 aromatic carbocycles. The molecule has 24 heavy (non-hydrogen) atoms. The van der Waals surface area contributed by atoms with Gasteiger partial charge in [0.15, 0.2) is 5.78 Å². The fourth-order valence-corrected chi connectivity index (χ4v) is 3.89. The number of hydrogen-bond acceptors (Lipinski definition) is 4. The highest BCUT2D eigenvalue weighted by atomic mass is 32.1. The first-order chi connectivity index (χ1) is 11.5. The Morgan fingerprint density at radius 3 is 2.75 bits per heavy atom. The van der Waals surface area contributed by atoms with Crippen molar-refractivity contribution in [2.75, 3.05) is 13.6 Å². The lowest BCUT2D eigenvalue weighted by atomic mass is 9.94. The smallest absolute Gasteiger partial charge is 0.224 e. The molecule has 0 saturated carbocycles. The van der Waals surface area contributed by atoms with Crippen molar-refractivity contribution in [2.45, 2.75) is 32.4 Å². The molecule has 5 heteroatoms. The quantitative estimate of drug-likeness (QED) is 0.850. The molecule has 1 aliphatic rings. The largest absolute Gasteiger partial charge is 0.354 e. The van der Waals surface area contributed by atoms with Crippen molar-refractivity contribution in [1.82, 2.24) is 10.2 Å². The summed E-state index contributed by atoms with van der Waals surface area (Å²) in [5, 5.41) is 4.93. The van der Waals surface area contributed by atoms with Crippen LogP contribution in [-0.2, 0) is 24.2 Å². The number of ketones is 1. The van der Waals surface area contributed by atoms with Crippen LogP contribution in [0.1, 0.15) is 33.3 Å². The lowest BCUT2D eigenvalue weighted by molar-refractivity contribution is -0.120. The first-order valence-corrected chi connectivity index (χ1v) is 9.03. The van der Waals surface area contributed by atoms with Gasteiger partial charge in [0, 0.05) is 19.1 Å². The fourth-order valence-electron chi connectivity index (χ4n) is 3.08. The summed E-state index contributed by atoms with van der Waals surface area (Å²) in [5.74, 6) is 0.0596. The van der Waals surface area contributed by atoms with Crippen molar-refractivity contribution >= 4 is 23.0 Å². The van der Waals surface area contributed by atoms with Crippen LogP contribution in [0.5, 0.6) is 0 Å². The summed E-state index contributed by atoms with van der Waals surface area (Å²) >= 11 is 1.40. The maximum absolute atomic E-state index is 12.2. The fraction of sp³-hybridized carbons (Fsp3) is 0.368. The van der Waals surface area contributed by atoms with Gasteiger partial charge in [-0.25, -0.2) is 0 Å². The maximum atomic E-state index is 12.2. The highest BCUT2D eigenvalue weighted by molar-refractivity contribution is 7.12. The summed E-state index contributed by atoms with van der Waals surface area (Å²) in [6.45, 7) is 3.11. The number of nitrogens with zero attached hydrogens (tertiary/aromatic N) is 1. The summed E-state index contributed by atoms with van der Waals surface area (Å²) in [7, 11) is 2.10. The Bertz CT molecular complexity index is 753. The lowest BCUT2D eigenvalue weighted by Crippen LogP contribution is -2.45. The SMILES string of the molecule is CC(=O)c1cc(CC(=O)NCC2Cc3ccccc3CN2C)cs1. The van der Waals surface area contributed by atoms with Gasteiger partial charge in [-0.1, -0.05) is 24.3 Å². The number of carbonyl (C=O) groups excluding carboxylic acids is 2. The molecule has 0 saturated heterocycles. The Balaban J connectivity index is 1.53. The van der Waals surface area contributed by atoms with E-state index in [2.05, 4.69) is 41.5 Å². The number of rotatable bonds is 5. The highest BCUT2D eigenvalue weighted by Crippen LogP contribution is 2.21. The van der Waals surface area contributed by atoms with Crippen LogP contribution in [0.3, 0.4) is 0 Å². The number of amides is 1. The number of fused-ring (bicyclic) bond motifs is 1. The van der Waals surface area contributed by atoms with E-state index in [0.29, 0.717) is 23.9 Å². The molecule has 1 aliphatic heterocycles. The average Bonchev–Trinajstić information content (AvgIpc) is 3.01. The zero-order chi connectivity index (χ0) is 17.1. The Morgan fingerprint density at radius 1 is 1.29 bits per heavy atom. The van der Waals surface area contributed by atoms with Gasteiger partial charge in [0.05, 0.1) is 11.3 Å². The van der Waals surface area contributed by atoms with Crippen LogP contribution >= 0.6 is 11.3 Å². The molecule has 0 fully saturated rings. The molecule has 4 nitrogen and oxygen atoms in total. The van der Waals surface area contributed by atoms with Crippen LogP contribution in [0.4, 0.5) is 0 Å². The molecule has 0 radical (unpaired) electrons. The van der Waals surface area contributed by atoms with Gasteiger partial charge in [-0.05, 0) is 48.5 Å². The van der Waals surface area contributed by atoms with Crippen LogP contribution < -0.4 is 5.32 Å². The van der Waals surface area contributed by atoms with Crippen LogP contribution in [-0.4, -0.2) is 36.2 Å². The van der Waals surface area contributed by atoms with Crippen molar-refractivity contribution in [2.24, 2.45) is 0 Å². The van der Waals surface area contributed by atoms with Gasteiger partial charge in [0.2, 0.25) is 5.91 Å². The lowest BCUT2D eigenvalue weighted by Gasteiger charge is -2.34. The van der Waals surface area contributed by atoms with E-state index < -0.39 is 0 Å². The van der Waals surface area contributed by atoms with E-state index in [-0.39, 0.29) is 11.7 Å². The number of thiophene rings is 1. The summed E-state index contributed by atoms with van der Waals surface area (Å²) in [4.78, 5) is 26.5. The Kier molecular flexibility index (Phi) is 5.11. The monoisotopic (exact) mass is 342 g/mol. The molecule has 1 amide bonds. The Labute approximate surface area is 146 Å². The predicted molar refractivity (Wildman–Crippen MR) is 96.4 cm³/mol. The summed E-state index contributed by atoms with van der Waals surface area (Å²) in [5.41, 5.74) is 3.65. The average molecular weight is 342 g/mol. The summed E-state index contributed by atoms with van der Waals surface area (Å²) < 4.78 is 0. The number of benzene rings is 1. The normalized spacial score (nSPS) is 17.3. The maximum Gasteiger partial charge on any atom is 0.224 e. The first kappa shape index (κ1) is 16.9. The zero-order valence-corrected chi connectivity index (χ0v) is 14.9. The number of carbonyl (C=O) groups is 2. The minimum absolute atomic E-state index is 0.00941. The summed E-state index contributed by atoms with van der Waals surface area (Å²) in [6.07, 6.45) is 1.29. The minimum atomic E-state index is 0.00941. The summed E-state index contributed by atoms with van der Waals surface area (Å²) in [6, 6.07) is 10.6. The predicted octanol–water partition coefficient (Wildman–Crippen LogP) is 2.67. The third-order valence-corrected chi connectivity index (χ3v) is 5.60. The van der Waals surface area contributed by atoms with Crippen LogP contribution in [0.2, 0.25) is 0 Å². The molecule has 1 aromatic heterocycles. The molecule has 2 aromatic rings. The molecule has 0 aliphatic carbocycles. The van der Waals surface area contributed by atoms with Gasteiger partial charge >= 0.3 is 0 Å². The van der Waals surface area contributed by atoms with E-state index in [1.165, 1.54) is 22.5 Å². The van der Waals surface area contributed by atoms with Crippen molar-refractivity contribution < 1.29 is 9.59 Å². The van der Waals surface area contributed by atoms with Gasteiger partial charge in [-0.15, -0.1) is 11.3 Å². The topological polar surface area (TPSA) is 49.4 Å². The molecular weight excluding hydrogens is 320 g/mol. The van der Waals surface area contributed by atoms with Gasteiger partial charge in [0.1, 0.15) is 0 Å². The first-order valence-electron chi connectivity index (χ1n) is 8.15. The van der Waals surface area contributed by atoms with E-state index in [0.717, 1.165) is 18.5 Å². The highest BCUT2D eigenvalue weighted by Gasteiger charge is 2.23. The van der Waals surface area contributed by atoms with Crippen LogP contribution in [0.25, 0.3) is 0 Å². The third-order valence-electron chi connectivity index (χ3n) is 4.52. The number of Topliss-reactive ketones (excluding diaryl/α,β-unsaturated/α-hetero) is 1. The van der Waals surface area contributed by atoms with E-state index >= 15 is 0 Å². The van der Waals surface area contributed by atoms with Crippen molar-refractivity contribution in [1.29, 1.82) is 0 Å². The number of nitrogens with one attached hydrogen (secondary N) is 1. The zero-order valence-electron chi connectivity index (χ0n) is 14.0. The third kappa shape index (κ3) is 3.91. The minimum Gasteiger partial charge on any atom is -0.354 e. The molecule has 1 unspecified atom stereocenters. The second-order valence-electron chi connectivity index (χ2n) is 6.40. The molecular formula is C19H22N2O2S. The van der Waals surface area contributed by atoms with E-state index in [9.17, 15) is 9.59 Å². The molecule has 126 valence electrons. The van der Waals surface area contributed by atoms with Gasteiger partial charge < -0.3 is 5.32 Å². The second-order valence-corrected chi connectivity index (χ2v) is 7.31. The van der Waals surface area contributed by atoms with Crippen molar-refractivity contribution in [3.63, 3.8) is 0 Å². The van der Waals surface area contributed by atoms with Crippen LogP contribution in [0, 0.1) is 0 Å². The van der Waals surface area contributed by atoms with Gasteiger partial charge in [-0.3, -0.25) is 14.5 Å². The van der Waals surface area contributed by atoms with Crippen molar-refractivity contribution in [3.8, 4) is 0 Å². The molecule has 3 rings (SSSR count). The van der Waals surface area contributed by atoms with Gasteiger partial charge in [-0.2, -0.15) is 0 Å². The standard InChI is InChI=1S/C19H22N2O2S/c1-13(22)18-7-14(12-24-18)8-19(23)20-10-17-9-15-5-3-4-6-16(15)11-21(17)2/h3-7,12,17H,8-11H2,1-2H3,(H,20,23). The van der Waals surface area contributed by atoms with Gasteiger partial charge in [0.25, 0.3) is 0 Å². The second kappa shape index (κ2) is 7.28.